The minimum absolute atomic E-state index is 0.120. The zero-order valence-corrected chi connectivity index (χ0v) is 12.9. The largest absolute Gasteiger partial charge is 0.391 e. The summed E-state index contributed by atoms with van der Waals surface area (Å²) in [5.41, 5.74) is 5.94. The van der Waals surface area contributed by atoms with Crippen LogP contribution in [-0.2, 0) is 13.0 Å². The van der Waals surface area contributed by atoms with E-state index in [1.807, 2.05) is 0 Å². The molecule has 0 radical (unpaired) electrons. The number of aliphatic hydroxyl groups is 1. The predicted molar refractivity (Wildman–Crippen MR) is 79.4 cm³/mol. The molecule has 3 atom stereocenters. The normalized spacial score (nSPS) is 26.6. The first-order chi connectivity index (χ1) is 9.51. The summed E-state index contributed by atoms with van der Waals surface area (Å²) in [6, 6.07) is -0.120. The van der Waals surface area contributed by atoms with Gasteiger partial charge in [-0.25, -0.2) is 9.67 Å². The number of nitrogens with zero attached hydrogens (tertiary/aromatic N) is 3. The topological polar surface area (TPSA) is 77.0 Å². The van der Waals surface area contributed by atoms with Crippen LogP contribution in [0.1, 0.15) is 64.0 Å². The molecule has 1 saturated carbocycles. The molecule has 0 spiro atoms. The molecule has 0 bridgehead atoms. The summed E-state index contributed by atoms with van der Waals surface area (Å²) in [4.78, 5) is 4.74. The Morgan fingerprint density at radius 2 is 2.15 bits per heavy atom. The standard InChI is InChI=1S/C15H28N4O/c1-4-5-6-19-15(11-8-12(16)13(20)9-11)17-14(18-19)7-10(2)3/h10-13,20H,4-9,16H2,1-3H3/t11-,12-,13-/m0/s1. The first kappa shape index (κ1) is 15.4. The van der Waals surface area contributed by atoms with E-state index in [0.717, 1.165) is 43.9 Å². The molecule has 2 rings (SSSR count). The number of aliphatic hydroxyl groups excluding tert-OH is 1. The van der Waals surface area contributed by atoms with E-state index >= 15 is 0 Å². The highest BCUT2D eigenvalue weighted by molar-refractivity contribution is 5.07. The van der Waals surface area contributed by atoms with Crippen molar-refractivity contribution in [2.75, 3.05) is 0 Å². The SMILES string of the molecule is CCCCn1nc(CC(C)C)nc1[C@H]1C[C@H](N)[C@@H](O)C1. The monoisotopic (exact) mass is 280 g/mol. The second kappa shape index (κ2) is 6.68. The highest BCUT2D eigenvalue weighted by Crippen LogP contribution is 2.33. The van der Waals surface area contributed by atoms with Gasteiger partial charge in [0.2, 0.25) is 0 Å². The highest BCUT2D eigenvalue weighted by Gasteiger charge is 2.34. The van der Waals surface area contributed by atoms with E-state index in [4.69, 9.17) is 10.7 Å². The number of unbranched alkanes of at least 4 members (excludes halogenated alkanes) is 1. The van der Waals surface area contributed by atoms with Crippen LogP contribution in [0.4, 0.5) is 0 Å². The van der Waals surface area contributed by atoms with Crippen molar-refractivity contribution in [1.29, 1.82) is 0 Å². The number of aryl methyl sites for hydroxylation is 1. The van der Waals surface area contributed by atoms with Gasteiger partial charge in [0, 0.05) is 24.9 Å². The minimum atomic E-state index is -0.398. The van der Waals surface area contributed by atoms with Crippen molar-refractivity contribution in [2.45, 2.75) is 77.5 Å². The zero-order valence-electron chi connectivity index (χ0n) is 12.9. The molecule has 0 unspecified atom stereocenters. The van der Waals surface area contributed by atoms with Gasteiger partial charge in [0.25, 0.3) is 0 Å². The number of hydrogen-bond acceptors (Lipinski definition) is 4. The lowest BCUT2D eigenvalue weighted by Crippen LogP contribution is -2.28. The third-order valence-corrected chi connectivity index (χ3v) is 4.00. The molecule has 1 aromatic rings. The molecular weight excluding hydrogens is 252 g/mol. The fraction of sp³-hybridized carbons (Fsp3) is 0.867. The molecule has 1 aliphatic carbocycles. The average Bonchev–Trinajstić information content (AvgIpc) is 2.91. The molecule has 114 valence electrons. The zero-order chi connectivity index (χ0) is 14.7. The smallest absolute Gasteiger partial charge is 0.151 e. The van der Waals surface area contributed by atoms with Gasteiger partial charge in [-0.2, -0.15) is 5.10 Å². The molecule has 20 heavy (non-hydrogen) atoms. The first-order valence-electron chi connectivity index (χ1n) is 7.88. The van der Waals surface area contributed by atoms with Crippen molar-refractivity contribution in [1.82, 2.24) is 14.8 Å². The Bertz CT molecular complexity index is 420. The van der Waals surface area contributed by atoms with Crippen LogP contribution in [0.5, 0.6) is 0 Å². The minimum Gasteiger partial charge on any atom is -0.391 e. The van der Waals surface area contributed by atoms with Crippen LogP contribution in [0.2, 0.25) is 0 Å². The van der Waals surface area contributed by atoms with Crippen LogP contribution in [0.25, 0.3) is 0 Å². The lowest BCUT2D eigenvalue weighted by Gasteiger charge is -2.10. The van der Waals surface area contributed by atoms with Crippen LogP contribution in [0.3, 0.4) is 0 Å². The summed E-state index contributed by atoms with van der Waals surface area (Å²) in [5, 5.41) is 14.5. The maximum atomic E-state index is 9.87. The summed E-state index contributed by atoms with van der Waals surface area (Å²) in [7, 11) is 0. The van der Waals surface area contributed by atoms with Gasteiger partial charge < -0.3 is 10.8 Å². The van der Waals surface area contributed by atoms with Gasteiger partial charge in [-0.15, -0.1) is 0 Å². The second-order valence-electron chi connectivity index (χ2n) is 6.46. The lowest BCUT2D eigenvalue weighted by atomic mass is 10.1. The van der Waals surface area contributed by atoms with Crippen LogP contribution in [0.15, 0.2) is 0 Å². The molecule has 0 saturated heterocycles. The summed E-state index contributed by atoms with van der Waals surface area (Å²) >= 11 is 0. The van der Waals surface area contributed by atoms with Crippen molar-refractivity contribution in [3.63, 3.8) is 0 Å². The molecule has 5 nitrogen and oxygen atoms in total. The quantitative estimate of drug-likeness (QED) is 0.833. The van der Waals surface area contributed by atoms with E-state index in [1.54, 1.807) is 0 Å². The first-order valence-corrected chi connectivity index (χ1v) is 7.88. The summed E-state index contributed by atoms with van der Waals surface area (Å²) in [5.74, 6) is 2.77. The molecule has 1 aromatic heterocycles. The Morgan fingerprint density at radius 1 is 1.40 bits per heavy atom. The van der Waals surface area contributed by atoms with E-state index in [0.29, 0.717) is 12.3 Å². The summed E-state index contributed by atoms with van der Waals surface area (Å²) in [6.07, 6.45) is 4.29. The van der Waals surface area contributed by atoms with E-state index in [2.05, 4.69) is 30.6 Å². The lowest BCUT2D eigenvalue weighted by molar-refractivity contribution is 0.163. The van der Waals surface area contributed by atoms with E-state index in [-0.39, 0.29) is 12.0 Å². The van der Waals surface area contributed by atoms with Gasteiger partial charge >= 0.3 is 0 Å². The molecule has 1 aliphatic rings. The number of rotatable bonds is 6. The Labute approximate surface area is 121 Å². The highest BCUT2D eigenvalue weighted by atomic mass is 16.3. The molecule has 5 heteroatoms. The van der Waals surface area contributed by atoms with Gasteiger partial charge in [-0.05, 0) is 25.2 Å². The second-order valence-corrected chi connectivity index (χ2v) is 6.46. The Morgan fingerprint density at radius 3 is 2.70 bits per heavy atom. The summed E-state index contributed by atoms with van der Waals surface area (Å²) in [6.45, 7) is 7.46. The Kier molecular flexibility index (Phi) is 5.16. The molecule has 3 N–H and O–H groups in total. The van der Waals surface area contributed by atoms with E-state index in [1.165, 1.54) is 0 Å². The molecule has 1 fully saturated rings. The van der Waals surface area contributed by atoms with Gasteiger partial charge in [0.15, 0.2) is 5.82 Å². The van der Waals surface area contributed by atoms with Crippen molar-refractivity contribution < 1.29 is 5.11 Å². The summed E-state index contributed by atoms with van der Waals surface area (Å²) < 4.78 is 2.05. The Hall–Kier alpha value is -0.940. The van der Waals surface area contributed by atoms with Crippen molar-refractivity contribution in [3.05, 3.63) is 11.6 Å². The number of nitrogens with two attached hydrogens (primary N) is 1. The third kappa shape index (κ3) is 3.58. The van der Waals surface area contributed by atoms with Crippen LogP contribution in [-0.4, -0.2) is 32.0 Å². The molecule has 1 heterocycles. The molecule has 0 amide bonds. The molecular formula is C15H28N4O. The van der Waals surface area contributed by atoms with Crippen molar-refractivity contribution in [2.24, 2.45) is 11.7 Å². The number of aromatic nitrogens is 3. The fourth-order valence-electron chi connectivity index (χ4n) is 2.89. The van der Waals surface area contributed by atoms with E-state index < -0.39 is 6.10 Å². The van der Waals surface area contributed by atoms with Gasteiger partial charge in [0.1, 0.15) is 5.82 Å². The average molecular weight is 280 g/mol. The van der Waals surface area contributed by atoms with Crippen molar-refractivity contribution >= 4 is 0 Å². The van der Waals surface area contributed by atoms with Crippen LogP contribution in [0, 0.1) is 5.92 Å². The number of hydrogen-bond donors (Lipinski definition) is 2. The van der Waals surface area contributed by atoms with E-state index in [9.17, 15) is 5.11 Å². The van der Waals surface area contributed by atoms with Gasteiger partial charge in [-0.1, -0.05) is 27.2 Å². The fourth-order valence-corrected chi connectivity index (χ4v) is 2.89. The maximum Gasteiger partial charge on any atom is 0.151 e. The van der Waals surface area contributed by atoms with Crippen LogP contribution < -0.4 is 5.73 Å². The van der Waals surface area contributed by atoms with Gasteiger partial charge in [0.05, 0.1) is 6.10 Å². The molecule has 0 aromatic carbocycles. The maximum absolute atomic E-state index is 9.87. The Balaban J connectivity index is 2.18. The van der Waals surface area contributed by atoms with Crippen molar-refractivity contribution in [3.8, 4) is 0 Å². The third-order valence-electron chi connectivity index (χ3n) is 4.00. The molecule has 0 aliphatic heterocycles. The predicted octanol–water partition coefficient (Wildman–Crippen LogP) is 1.84. The van der Waals surface area contributed by atoms with Gasteiger partial charge in [-0.3, -0.25) is 0 Å². The van der Waals surface area contributed by atoms with Crippen LogP contribution >= 0.6 is 0 Å².